The number of hydrogen-bond acceptors (Lipinski definition) is 5. The number of Topliss-reactive ketones (excluding diaryl/α,β-unsaturated/α-hetero) is 1. The number of esters is 1. The zero-order valence-corrected chi connectivity index (χ0v) is 20.9. The normalized spacial score (nSPS) is 11.3. The van der Waals surface area contributed by atoms with Crippen LogP contribution in [0.3, 0.4) is 0 Å². The lowest BCUT2D eigenvalue weighted by atomic mass is 9.96. The zero-order valence-electron chi connectivity index (χ0n) is 19.4. The fraction of sp³-hybridized carbons (Fsp3) is 0.360. The van der Waals surface area contributed by atoms with E-state index in [1.54, 1.807) is 32.0 Å². The summed E-state index contributed by atoms with van der Waals surface area (Å²) in [6.45, 7) is 7.31. The molecular weight excluding hydrogens is 481 g/mol. The Balaban J connectivity index is 2.29. The van der Waals surface area contributed by atoms with Gasteiger partial charge in [0.05, 0.1) is 28.6 Å². The van der Waals surface area contributed by atoms with Crippen LogP contribution in [0.1, 0.15) is 56.5 Å². The molecule has 0 spiro atoms. The van der Waals surface area contributed by atoms with Crippen molar-refractivity contribution in [1.29, 1.82) is 0 Å². The third kappa shape index (κ3) is 7.85. The lowest BCUT2D eigenvalue weighted by molar-refractivity contribution is -0.165. The molecule has 34 heavy (non-hydrogen) atoms. The highest BCUT2D eigenvalue weighted by Crippen LogP contribution is 2.26. The molecule has 2 aromatic rings. The van der Waals surface area contributed by atoms with Gasteiger partial charge in [-0.25, -0.2) is 9.59 Å². The van der Waals surface area contributed by atoms with Crippen LogP contribution in [0.25, 0.3) is 0 Å². The van der Waals surface area contributed by atoms with Gasteiger partial charge < -0.3 is 14.7 Å². The molecule has 0 unspecified atom stereocenters. The highest BCUT2D eigenvalue weighted by Gasteiger charge is 2.30. The van der Waals surface area contributed by atoms with Crippen LogP contribution in [0.4, 0.5) is 5.69 Å². The number of rotatable bonds is 10. The Labute approximate surface area is 208 Å². The number of amides is 1. The fourth-order valence-electron chi connectivity index (χ4n) is 3.59. The lowest BCUT2D eigenvalue weighted by Gasteiger charge is -2.27. The van der Waals surface area contributed by atoms with Gasteiger partial charge in [-0.2, -0.15) is 0 Å². The highest BCUT2D eigenvalue weighted by molar-refractivity contribution is 6.42. The van der Waals surface area contributed by atoms with Crippen LogP contribution in [0.15, 0.2) is 42.5 Å². The van der Waals surface area contributed by atoms with Gasteiger partial charge in [-0.05, 0) is 62.1 Å². The topological polar surface area (TPSA) is 101 Å². The SMILES string of the molecule is CC(C)CC(C)(C)OC(=O)C(=O)CC(=O)N(Cc1ccc(Cl)c(Cl)c1)c1cccc(C(=O)O)c1. The van der Waals surface area contributed by atoms with Crippen LogP contribution >= 0.6 is 23.2 Å². The van der Waals surface area contributed by atoms with E-state index in [0.717, 1.165) is 0 Å². The summed E-state index contributed by atoms with van der Waals surface area (Å²) in [6.07, 6.45) is -0.194. The van der Waals surface area contributed by atoms with Crippen molar-refractivity contribution in [2.45, 2.75) is 52.7 Å². The third-order valence-electron chi connectivity index (χ3n) is 4.84. The smallest absolute Gasteiger partial charge is 0.375 e. The molecule has 0 aliphatic carbocycles. The van der Waals surface area contributed by atoms with Gasteiger partial charge in [0, 0.05) is 5.69 Å². The number of hydrogen-bond donors (Lipinski definition) is 1. The van der Waals surface area contributed by atoms with Crippen LogP contribution in [0.2, 0.25) is 10.0 Å². The second-order valence-corrected chi connectivity index (χ2v) is 9.75. The molecule has 0 atom stereocenters. The van der Waals surface area contributed by atoms with Gasteiger partial charge in [0.2, 0.25) is 11.7 Å². The molecule has 1 amide bonds. The van der Waals surface area contributed by atoms with Crippen molar-refractivity contribution < 1.29 is 29.0 Å². The number of halogens is 2. The number of carbonyl (C=O) groups excluding carboxylic acids is 3. The first-order valence-electron chi connectivity index (χ1n) is 10.6. The van der Waals surface area contributed by atoms with E-state index >= 15 is 0 Å². The Morgan fingerprint density at radius 2 is 1.71 bits per heavy atom. The third-order valence-corrected chi connectivity index (χ3v) is 5.58. The fourth-order valence-corrected chi connectivity index (χ4v) is 3.91. The predicted octanol–water partition coefficient (Wildman–Crippen LogP) is 5.55. The summed E-state index contributed by atoms with van der Waals surface area (Å²) in [5.74, 6) is -3.71. The molecule has 0 aromatic heterocycles. The van der Waals surface area contributed by atoms with Gasteiger partial charge >= 0.3 is 11.9 Å². The van der Waals surface area contributed by atoms with Crippen molar-refractivity contribution in [1.82, 2.24) is 0 Å². The number of ether oxygens (including phenoxy) is 1. The summed E-state index contributed by atoms with van der Waals surface area (Å²) in [4.78, 5) is 50.7. The molecular formula is C25H27Cl2NO6. The largest absolute Gasteiger partial charge is 0.478 e. The summed E-state index contributed by atoms with van der Waals surface area (Å²) < 4.78 is 5.33. The minimum atomic E-state index is -1.17. The van der Waals surface area contributed by atoms with Crippen LogP contribution in [0.5, 0.6) is 0 Å². The van der Waals surface area contributed by atoms with E-state index in [4.69, 9.17) is 27.9 Å². The number of ketones is 1. The van der Waals surface area contributed by atoms with E-state index in [-0.39, 0.29) is 28.7 Å². The maximum Gasteiger partial charge on any atom is 0.375 e. The van der Waals surface area contributed by atoms with Crippen molar-refractivity contribution in [3.8, 4) is 0 Å². The van der Waals surface area contributed by atoms with E-state index in [1.165, 1.54) is 29.2 Å². The summed E-state index contributed by atoms with van der Waals surface area (Å²) in [6, 6.07) is 10.5. The first-order chi connectivity index (χ1) is 15.8. The minimum absolute atomic E-state index is 0.0278. The number of carboxylic acids is 1. The molecule has 2 aromatic carbocycles. The van der Waals surface area contributed by atoms with Gasteiger partial charge in [0.25, 0.3) is 0 Å². The second-order valence-electron chi connectivity index (χ2n) is 8.93. The molecule has 0 aliphatic heterocycles. The molecule has 9 heteroatoms. The molecule has 0 radical (unpaired) electrons. The summed E-state index contributed by atoms with van der Waals surface area (Å²) in [5.41, 5.74) is -0.0565. The summed E-state index contributed by atoms with van der Waals surface area (Å²) in [7, 11) is 0. The van der Waals surface area contributed by atoms with E-state index < -0.39 is 35.7 Å². The Morgan fingerprint density at radius 3 is 2.29 bits per heavy atom. The minimum Gasteiger partial charge on any atom is -0.478 e. The molecule has 0 fully saturated rings. The molecule has 7 nitrogen and oxygen atoms in total. The molecule has 182 valence electrons. The zero-order chi connectivity index (χ0) is 25.6. The number of benzene rings is 2. The summed E-state index contributed by atoms with van der Waals surface area (Å²) >= 11 is 12.1. The van der Waals surface area contributed by atoms with Crippen molar-refractivity contribution >= 4 is 52.5 Å². The average Bonchev–Trinajstić information content (AvgIpc) is 2.73. The van der Waals surface area contributed by atoms with Gasteiger partial charge in [-0.1, -0.05) is 49.2 Å². The van der Waals surface area contributed by atoms with Crippen LogP contribution in [-0.2, 0) is 25.7 Å². The first-order valence-corrected chi connectivity index (χ1v) is 11.4. The van der Waals surface area contributed by atoms with Crippen molar-refractivity contribution in [3.63, 3.8) is 0 Å². The first kappa shape index (κ1) is 27.3. The van der Waals surface area contributed by atoms with Crippen LogP contribution in [-0.4, -0.2) is 34.3 Å². The molecule has 0 saturated carbocycles. The van der Waals surface area contributed by atoms with E-state index in [9.17, 15) is 24.3 Å². The molecule has 2 rings (SSSR count). The Hall–Kier alpha value is -2.90. The van der Waals surface area contributed by atoms with E-state index in [1.807, 2.05) is 13.8 Å². The highest BCUT2D eigenvalue weighted by atomic mass is 35.5. The van der Waals surface area contributed by atoms with Gasteiger partial charge in [-0.15, -0.1) is 0 Å². The number of carbonyl (C=O) groups is 4. The molecule has 0 bridgehead atoms. The van der Waals surface area contributed by atoms with E-state index in [0.29, 0.717) is 17.0 Å². The Bertz CT molecular complexity index is 1100. The Kier molecular flexibility index (Phi) is 9.24. The Morgan fingerprint density at radius 1 is 1.03 bits per heavy atom. The second kappa shape index (κ2) is 11.5. The monoisotopic (exact) mass is 507 g/mol. The summed E-state index contributed by atoms with van der Waals surface area (Å²) in [5, 5.41) is 9.93. The molecule has 1 N–H and O–H groups in total. The van der Waals surface area contributed by atoms with Crippen LogP contribution < -0.4 is 4.90 Å². The van der Waals surface area contributed by atoms with Crippen molar-refractivity contribution in [3.05, 3.63) is 63.6 Å². The quantitative estimate of drug-likeness (QED) is 0.257. The number of anilines is 1. The molecule has 0 aliphatic rings. The van der Waals surface area contributed by atoms with Crippen molar-refractivity contribution in [2.24, 2.45) is 5.92 Å². The number of nitrogens with zero attached hydrogens (tertiary/aromatic N) is 1. The van der Waals surface area contributed by atoms with Gasteiger partial charge in [0.1, 0.15) is 5.60 Å². The van der Waals surface area contributed by atoms with E-state index in [2.05, 4.69) is 0 Å². The number of aromatic carboxylic acids is 1. The van der Waals surface area contributed by atoms with Crippen molar-refractivity contribution in [2.75, 3.05) is 4.90 Å². The average molecular weight is 508 g/mol. The molecule has 0 saturated heterocycles. The predicted molar refractivity (Wildman–Crippen MR) is 130 cm³/mol. The standard InChI is InChI=1S/C25H27Cl2NO6/c1-15(2)13-25(3,4)34-24(33)21(29)12-22(30)28(14-16-8-9-19(26)20(27)10-16)18-7-5-6-17(11-18)23(31)32/h5-11,15H,12-14H2,1-4H3,(H,31,32). The molecule has 0 heterocycles. The van der Waals surface area contributed by atoms with Crippen LogP contribution in [0, 0.1) is 5.92 Å². The number of carboxylic acid groups (broad SMARTS) is 1. The maximum atomic E-state index is 13.1. The van der Waals surface area contributed by atoms with Gasteiger partial charge in [-0.3, -0.25) is 9.59 Å². The maximum absolute atomic E-state index is 13.1. The lowest BCUT2D eigenvalue weighted by Crippen LogP contribution is -2.37. The van der Waals surface area contributed by atoms with Gasteiger partial charge in [0.15, 0.2) is 0 Å².